The van der Waals surface area contributed by atoms with Crippen molar-refractivity contribution in [1.82, 2.24) is 0 Å². The van der Waals surface area contributed by atoms with Crippen molar-refractivity contribution in [2.45, 2.75) is 58.9 Å². The van der Waals surface area contributed by atoms with Gasteiger partial charge >= 0.3 is 12.1 Å². The molecular weight excluding hydrogens is 311 g/mol. The Balaban J connectivity index is 4.57. The predicted molar refractivity (Wildman–Crippen MR) is 72.1 cm³/mol. The molecule has 0 aromatic heterocycles. The molecular formula is C14H25F5O3. The molecule has 0 amide bonds. The normalized spacial score (nSPS) is 14.2. The lowest BCUT2D eigenvalue weighted by Crippen LogP contribution is -2.43. The third kappa shape index (κ3) is 8.24. The van der Waals surface area contributed by atoms with Crippen LogP contribution in [0.1, 0.15) is 34.6 Å². The van der Waals surface area contributed by atoms with Crippen molar-refractivity contribution in [3.8, 4) is 0 Å². The van der Waals surface area contributed by atoms with Crippen molar-refractivity contribution in [3.63, 3.8) is 0 Å². The Labute approximate surface area is 128 Å². The lowest BCUT2D eigenvalue weighted by molar-refractivity contribution is -0.299. The first-order chi connectivity index (χ1) is 9.79. The van der Waals surface area contributed by atoms with Gasteiger partial charge in [0.05, 0.1) is 32.0 Å². The van der Waals surface area contributed by atoms with E-state index < -0.39 is 24.1 Å². The largest absolute Gasteiger partial charge is 0.455 e. The van der Waals surface area contributed by atoms with Crippen LogP contribution in [0.15, 0.2) is 0 Å². The Hall–Kier alpha value is -0.470. The van der Waals surface area contributed by atoms with Crippen molar-refractivity contribution < 1.29 is 36.2 Å². The van der Waals surface area contributed by atoms with Gasteiger partial charge in [0.25, 0.3) is 0 Å². The molecule has 0 fully saturated rings. The molecule has 0 aliphatic rings. The van der Waals surface area contributed by atoms with E-state index in [9.17, 15) is 22.0 Å². The predicted octanol–water partition coefficient (Wildman–Crippen LogP) is 4.06. The number of halogens is 5. The third-order valence-electron chi connectivity index (χ3n) is 2.68. The lowest BCUT2D eigenvalue weighted by atomic mass is 9.94. The Bertz CT molecular complexity index is 304. The fraction of sp³-hybridized carbons (Fsp3) is 1.00. The second-order valence-corrected chi connectivity index (χ2v) is 6.23. The Kier molecular flexibility index (Phi) is 8.22. The Morgan fingerprint density at radius 1 is 0.727 bits per heavy atom. The molecule has 0 aromatic rings. The quantitative estimate of drug-likeness (QED) is 0.563. The van der Waals surface area contributed by atoms with Crippen LogP contribution in [0.4, 0.5) is 22.0 Å². The van der Waals surface area contributed by atoms with E-state index in [0.29, 0.717) is 0 Å². The molecule has 0 aromatic carbocycles. The summed E-state index contributed by atoms with van der Waals surface area (Å²) in [6.45, 7) is 7.07. The highest BCUT2D eigenvalue weighted by Gasteiger charge is 2.57. The minimum atomic E-state index is -5.62. The molecule has 134 valence electrons. The molecule has 0 rings (SSSR count). The Morgan fingerprint density at radius 2 is 1.14 bits per heavy atom. The topological polar surface area (TPSA) is 27.7 Å². The molecule has 0 spiro atoms. The van der Waals surface area contributed by atoms with E-state index in [-0.39, 0.29) is 32.0 Å². The van der Waals surface area contributed by atoms with Crippen LogP contribution in [-0.4, -0.2) is 50.7 Å². The van der Waals surface area contributed by atoms with Crippen LogP contribution in [0.25, 0.3) is 0 Å². The van der Waals surface area contributed by atoms with E-state index in [1.165, 1.54) is 0 Å². The number of rotatable bonds is 10. The van der Waals surface area contributed by atoms with Gasteiger partial charge in [-0.3, -0.25) is 0 Å². The fourth-order valence-electron chi connectivity index (χ4n) is 1.37. The van der Waals surface area contributed by atoms with Gasteiger partial charge in [-0.2, -0.15) is 22.0 Å². The van der Waals surface area contributed by atoms with Crippen LogP contribution < -0.4 is 0 Å². The van der Waals surface area contributed by atoms with Crippen molar-refractivity contribution in [3.05, 3.63) is 0 Å². The molecule has 0 radical (unpaired) electrons. The highest BCUT2D eigenvalue weighted by Crippen LogP contribution is 2.35. The number of alkyl halides is 5. The van der Waals surface area contributed by atoms with Gasteiger partial charge in [-0.15, -0.1) is 0 Å². The van der Waals surface area contributed by atoms with E-state index >= 15 is 0 Å². The summed E-state index contributed by atoms with van der Waals surface area (Å²) in [5.41, 5.74) is -0.809. The zero-order valence-corrected chi connectivity index (χ0v) is 13.6. The first-order valence-corrected chi connectivity index (χ1v) is 7.04. The van der Waals surface area contributed by atoms with Crippen molar-refractivity contribution in [1.29, 1.82) is 0 Å². The first kappa shape index (κ1) is 21.5. The maximum Gasteiger partial charge on any atom is 0.455 e. The molecule has 0 unspecified atom stereocenters. The summed E-state index contributed by atoms with van der Waals surface area (Å²) in [7, 11) is 0. The number of hydrogen-bond acceptors (Lipinski definition) is 3. The highest BCUT2D eigenvalue weighted by molar-refractivity contribution is 4.78. The minimum Gasteiger partial charge on any atom is -0.378 e. The average molecular weight is 336 g/mol. The fourth-order valence-corrected chi connectivity index (χ4v) is 1.37. The van der Waals surface area contributed by atoms with Gasteiger partial charge in [-0.25, -0.2) is 0 Å². The molecule has 0 saturated heterocycles. The summed E-state index contributed by atoms with van der Waals surface area (Å²) in [5.74, 6) is -4.87. The van der Waals surface area contributed by atoms with E-state index in [1.54, 1.807) is 34.6 Å². The maximum atomic E-state index is 12.8. The summed E-state index contributed by atoms with van der Waals surface area (Å²) in [4.78, 5) is 0. The van der Waals surface area contributed by atoms with Gasteiger partial charge in [0.1, 0.15) is 6.61 Å². The molecule has 0 bridgehead atoms. The summed E-state index contributed by atoms with van der Waals surface area (Å²) in [6, 6.07) is 0. The van der Waals surface area contributed by atoms with Gasteiger partial charge in [0.15, 0.2) is 0 Å². The van der Waals surface area contributed by atoms with Crippen LogP contribution in [0.5, 0.6) is 0 Å². The molecule has 8 heteroatoms. The Morgan fingerprint density at radius 3 is 1.45 bits per heavy atom. The van der Waals surface area contributed by atoms with Crippen LogP contribution >= 0.6 is 0 Å². The maximum absolute atomic E-state index is 12.8. The second kappa shape index (κ2) is 8.40. The van der Waals surface area contributed by atoms with E-state index in [2.05, 4.69) is 4.74 Å². The zero-order valence-electron chi connectivity index (χ0n) is 13.6. The van der Waals surface area contributed by atoms with Crippen LogP contribution in [0, 0.1) is 5.41 Å². The summed E-state index contributed by atoms with van der Waals surface area (Å²) < 4.78 is 77.4. The molecule has 0 N–H and O–H groups in total. The molecule has 0 aliphatic heterocycles. The number of hydrogen-bond donors (Lipinski definition) is 0. The zero-order chi connectivity index (χ0) is 17.6. The standard InChI is InChI=1S/C14H25F5O3/c1-10(2)21-7-12(5,8-22-11(3)4)6-20-9-13(15,16)14(17,18)19/h10-11H,6-9H2,1-5H3. The van der Waals surface area contributed by atoms with Crippen LogP contribution in [0.2, 0.25) is 0 Å². The van der Waals surface area contributed by atoms with Crippen molar-refractivity contribution >= 4 is 0 Å². The minimum absolute atomic E-state index is 0.102. The van der Waals surface area contributed by atoms with Crippen LogP contribution in [0.3, 0.4) is 0 Å². The van der Waals surface area contributed by atoms with Gasteiger partial charge in [0.2, 0.25) is 0 Å². The van der Waals surface area contributed by atoms with Gasteiger partial charge < -0.3 is 14.2 Å². The smallest absolute Gasteiger partial charge is 0.378 e. The summed E-state index contributed by atoms with van der Waals surface area (Å²) in [5, 5.41) is 0. The average Bonchev–Trinajstić information content (AvgIpc) is 2.32. The monoisotopic (exact) mass is 336 g/mol. The van der Waals surface area contributed by atoms with Gasteiger partial charge in [-0.1, -0.05) is 6.92 Å². The van der Waals surface area contributed by atoms with E-state index in [4.69, 9.17) is 9.47 Å². The summed E-state index contributed by atoms with van der Waals surface area (Å²) in [6.07, 6.45) is -5.82. The molecule has 3 nitrogen and oxygen atoms in total. The SMILES string of the molecule is CC(C)OCC(C)(COCC(F)(F)C(F)(F)F)COC(C)C. The van der Waals surface area contributed by atoms with Crippen molar-refractivity contribution in [2.24, 2.45) is 5.41 Å². The molecule has 0 aliphatic carbocycles. The molecule has 0 saturated carbocycles. The second-order valence-electron chi connectivity index (χ2n) is 6.23. The van der Waals surface area contributed by atoms with Gasteiger partial charge in [-0.05, 0) is 27.7 Å². The van der Waals surface area contributed by atoms with Gasteiger partial charge in [0, 0.05) is 5.41 Å². The van der Waals surface area contributed by atoms with Crippen LogP contribution in [-0.2, 0) is 14.2 Å². The van der Waals surface area contributed by atoms with E-state index in [0.717, 1.165) is 0 Å². The molecule has 0 atom stereocenters. The highest BCUT2D eigenvalue weighted by atomic mass is 19.4. The summed E-state index contributed by atoms with van der Waals surface area (Å²) >= 11 is 0. The first-order valence-electron chi connectivity index (χ1n) is 7.04. The third-order valence-corrected chi connectivity index (χ3v) is 2.68. The van der Waals surface area contributed by atoms with Crippen molar-refractivity contribution in [2.75, 3.05) is 26.4 Å². The van der Waals surface area contributed by atoms with E-state index in [1.807, 2.05) is 0 Å². The lowest BCUT2D eigenvalue weighted by Gasteiger charge is -2.31. The molecule has 0 heterocycles. The molecule has 22 heavy (non-hydrogen) atoms. The number of ether oxygens (including phenoxy) is 3.